The molecule has 204 valence electrons. The highest BCUT2D eigenvalue weighted by Gasteiger charge is 2.31. The van der Waals surface area contributed by atoms with E-state index in [4.69, 9.17) is 15.5 Å². The molecule has 2 aromatic carbocycles. The van der Waals surface area contributed by atoms with Crippen LogP contribution in [-0.2, 0) is 9.59 Å². The molecule has 4 aromatic rings. The van der Waals surface area contributed by atoms with Gasteiger partial charge in [0.25, 0.3) is 11.8 Å². The zero-order valence-corrected chi connectivity index (χ0v) is 21.5. The Hall–Kier alpha value is -4.67. The molecule has 1 aliphatic carbocycles. The van der Waals surface area contributed by atoms with E-state index < -0.39 is 23.3 Å². The number of carbonyl (C=O) groups is 2. The van der Waals surface area contributed by atoms with Crippen LogP contribution in [0.2, 0.25) is 0 Å². The molecule has 0 bridgehead atoms. The number of piperidine rings is 1. The number of allylic oxidation sites excluding steroid dienone is 1. The highest BCUT2D eigenvalue weighted by Crippen LogP contribution is 2.33. The second kappa shape index (κ2) is 10.5. The molecule has 40 heavy (non-hydrogen) atoms. The first-order valence-electron chi connectivity index (χ1n) is 13.1. The Morgan fingerprint density at radius 2 is 1.77 bits per heavy atom. The van der Waals surface area contributed by atoms with Crippen molar-refractivity contribution in [2.45, 2.75) is 31.7 Å². The van der Waals surface area contributed by atoms with Gasteiger partial charge in [0.2, 0.25) is 0 Å². The van der Waals surface area contributed by atoms with Gasteiger partial charge >= 0.3 is 0 Å². The quantitative estimate of drug-likeness (QED) is 0.207. The minimum Gasteiger partial charge on any atom is -0.451 e. The van der Waals surface area contributed by atoms with E-state index in [1.54, 1.807) is 52.3 Å². The van der Waals surface area contributed by atoms with Crippen LogP contribution in [-0.4, -0.2) is 49.6 Å². The third-order valence-electron chi connectivity index (χ3n) is 7.14. The summed E-state index contributed by atoms with van der Waals surface area (Å²) >= 11 is 0. The zero-order valence-electron chi connectivity index (χ0n) is 21.5. The SMILES string of the molecule is NC(=O)/C(=C\C1CC1)C(=O)N1CCC[C@@H](n2ncc3cnc(-c4ccc(Oc5c(F)cccc5F)cc4)nc32)C1. The second-order valence-corrected chi connectivity index (χ2v) is 10.1. The molecule has 1 aliphatic heterocycles. The average molecular weight is 545 g/mol. The summed E-state index contributed by atoms with van der Waals surface area (Å²) in [5.74, 6) is -2.15. The van der Waals surface area contributed by atoms with Crippen molar-refractivity contribution in [3.63, 3.8) is 0 Å². The summed E-state index contributed by atoms with van der Waals surface area (Å²) in [5, 5.41) is 5.29. The number of para-hydroxylation sites is 1. The monoisotopic (exact) mass is 544 g/mol. The number of benzene rings is 2. The number of carbonyl (C=O) groups excluding carboxylic acids is 2. The number of hydrogen-bond acceptors (Lipinski definition) is 6. The number of ether oxygens (including phenoxy) is 1. The fourth-order valence-corrected chi connectivity index (χ4v) is 4.88. The van der Waals surface area contributed by atoms with Crippen molar-refractivity contribution in [2.75, 3.05) is 13.1 Å². The van der Waals surface area contributed by atoms with Gasteiger partial charge in [0, 0.05) is 24.8 Å². The lowest BCUT2D eigenvalue weighted by atomic mass is 10.0. The number of hydrogen-bond donors (Lipinski definition) is 1. The maximum absolute atomic E-state index is 13.9. The van der Waals surface area contributed by atoms with Crippen LogP contribution in [0.25, 0.3) is 22.4 Å². The number of fused-ring (bicyclic) bond motifs is 1. The first-order chi connectivity index (χ1) is 19.4. The van der Waals surface area contributed by atoms with Gasteiger partial charge in [0.1, 0.15) is 11.3 Å². The summed E-state index contributed by atoms with van der Waals surface area (Å²) in [4.78, 5) is 36.0. The third-order valence-corrected chi connectivity index (χ3v) is 7.14. The lowest BCUT2D eigenvalue weighted by molar-refractivity contribution is -0.131. The van der Waals surface area contributed by atoms with Crippen molar-refractivity contribution in [3.05, 3.63) is 78.1 Å². The van der Waals surface area contributed by atoms with Gasteiger partial charge in [-0.25, -0.2) is 23.4 Å². The Kier molecular flexibility index (Phi) is 6.71. The number of aromatic nitrogens is 4. The van der Waals surface area contributed by atoms with Gasteiger partial charge < -0.3 is 15.4 Å². The van der Waals surface area contributed by atoms with Crippen LogP contribution in [0.1, 0.15) is 31.7 Å². The molecule has 2 fully saturated rings. The smallest absolute Gasteiger partial charge is 0.259 e. The molecule has 1 saturated carbocycles. The van der Waals surface area contributed by atoms with Crippen molar-refractivity contribution in [2.24, 2.45) is 11.7 Å². The number of likely N-dealkylation sites (tertiary alicyclic amines) is 1. The van der Waals surface area contributed by atoms with Gasteiger partial charge in [0.15, 0.2) is 28.9 Å². The predicted molar refractivity (Wildman–Crippen MR) is 142 cm³/mol. The first kappa shape index (κ1) is 25.6. The van der Waals surface area contributed by atoms with E-state index in [1.807, 2.05) is 0 Å². The van der Waals surface area contributed by atoms with Crippen molar-refractivity contribution >= 4 is 22.8 Å². The Balaban J connectivity index is 1.22. The standard InChI is InChI=1S/C29H26F2N6O3/c30-23-4-1-5-24(31)25(23)40-21-10-8-18(9-11-21)27-33-14-19-15-34-37(28(19)35-27)20-3-2-12-36(16-20)29(39)22(26(32)38)13-17-6-7-17/h1,4-5,8-11,13-15,17,20H,2-3,6-7,12,16H2,(H2,32,38)/b22-13+/t20-/m1/s1. The highest BCUT2D eigenvalue weighted by molar-refractivity contribution is 6.17. The fourth-order valence-electron chi connectivity index (χ4n) is 4.88. The van der Waals surface area contributed by atoms with Gasteiger partial charge in [-0.15, -0.1) is 0 Å². The molecule has 0 radical (unpaired) electrons. The largest absolute Gasteiger partial charge is 0.451 e. The summed E-state index contributed by atoms with van der Waals surface area (Å²) in [7, 11) is 0. The number of primary amides is 1. The van der Waals surface area contributed by atoms with Crippen molar-refractivity contribution in [3.8, 4) is 22.9 Å². The van der Waals surface area contributed by atoms with E-state index in [-0.39, 0.29) is 29.2 Å². The van der Waals surface area contributed by atoms with Crippen LogP contribution in [0.15, 0.2) is 66.5 Å². The maximum atomic E-state index is 13.9. The van der Waals surface area contributed by atoms with Crippen LogP contribution in [0.4, 0.5) is 8.78 Å². The Morgan fingerprint density at radius 3 is 2.48 bits per heavy atom. The summed E-state index contributed by atoms with van der Waals surface area (Å²) in [6.07, 6.45) is 8.53. The summed E-state index contributed by atoms with van der Waals surface area (Å²) in [6.45, 7) is 0.915. The summed E-state index contributed by atoms with van der Waals surface area (Å²) < 4.78 is 35.1. The lowest BCUT2D eigenvalue weighted by Gasteiger charge is -2.33. The highest BCUT2D eigenvalue weighted by atomic mass is 19.1. The minimum atomic E-state index is -0.793. The number of amides is 2. The molecule has 2 N–H and O–H groups in total. The molecule has 11 heteroatoms. The van der Waals surface area contributed by atoms with Crippen molar-refractivity contribution in [1.29, 1.82) is 0 Å². The Bertz CT molecular complexity index is 1610. The molecule has 1 atom stereocenters. The molecule has 1 saturated heterocycles. The molecule has 2 aromatic heterocycles. The van der Waals surface area contributed by atoms with Crippen LogP contribution >= 0.6 is 0 Å². The summed E-state index contributed by atoms with van der Waals surface area (Å²) in [6, 6.07) is 9.96. The molecular weight excluding hydrogens is 518 g/mol. The molecular formula is C29H26F2N6O3. The molecule has 2 amide bonds. The van der Waals surface area contributed by atoms with E-state index in [2.05, 4.69) is 10.1 Å². The number of nitrogens with zero attached hydrogens (tertiary/aromatic N) is 5. The number of halogens is 2. The van der Waals surface area contributed by atoms with Crippen LogP contribution < -0.4 is 10.5 Å². The Labute approximate surface area is 228 Å². The molecule has 2 aliphatic rings. The normalized spacial score (nSPS) is 17.7. The van der Waals surface area contributed by atoms with E-state index >= 15 is 0 Å². The molecule has 3 heterocycles. The lowest BCUT2D eigenvalue weighted by Crippen LogP contribution is -2.43. The van der Waals surface area contributed by atoms with Gasteiger partial charge in [-0.05, 0) is 68.0 Å². The molecule has 6 rings (SSSR count). The minimum absolute atomic E-state index is 0.0586. The Morgan fingerprint density at radius 1 is 1.02 bits per heavy atom. The summed E-state index contributed by atoms with van der Waals surface area (Å²) in [5.41, 5.74) is 6.87. The molecule has 9 nitrogen and oxygen atoms in total. The van der Waals surface area contributed by atoms with E-state index in [0.717, 1.165) is 43.2 Å². The van der Waals surface area contributed by atoms with Crippen molar-refractivity contribution < 1.29 is 23.1 Å². The number of nitrogens with two attached hydrogens (primary N) is 1. The molecule has 0 spiro atoms. The average Bonchev–Trinajstić information content (AvgIpc) is 3.69. The van der Waals surface area contributed by atoms with Crippen molar-refractivity contribution in [1.82, 2.24) is 24.6 Å². The zero-order chi connectivity index (χ0) is 27.8. The van der Waals surface area contributed by atoms with Gasteiger partial charge in [-0.2, -0.15) is 5.10 Å². The van der Waals surface area contributed by atoms with E-state index in [0.29, 0.717) is 30.1 Å². The number of rotatable bonds is 7. The van der Waals surface area contributed by atoms with Crippen LogP contribution in [0.5, 0.6) is 11.5 Å². The first-order valence-corrected chi connectivity index (χ1v) is 13.1. The predicted octanol–water partition coefficient (Wildman–Crippen LogP) is 4.55. The second-order valence-electron chi connectivity index (χ2n) is 10.1. The van der Waals surface area contributed by atoms with E-state index in [1.165, 1.54) is 6.07 Å². The molecule has 0 unspecified atom stereocenters. The van der Waals surface area contributed by atoms with Crippen LogP contribution in [0, 0.1) is 17.6 Å². The fraction of sp³-hybridized carbons (Fsp3) is 0.276. The van der Waals surface area contributed by atoms with Gasteiger partial charge in [-0.3, -0.25) is 9.59 Å². The third kappa shape index (κ3) is 5.14. The van der Waals surface area contributed by atoms with E-state index in [9.17, 15) is 18.4 Å². The topological polar surface area (TPSA) is 116 Å². The van der Waals surface area contributed by atoms with Crippen LogP contribution in [0.3, 0.4) is 0 Å². The van der Waals surface area contributed by atoms with Gasteiger partial charge in [-0.1, -0.05) is 12.1 Å². The van der Waals surface area contributed by atoms with Gasteiger partial charge in [0.05, 0.1) is 17.6 Å². The maximum Gasteiger partial charge on any atom is 0.259 e.